The molecule has 1 unspecified atom stereocenters. The topological polar surface area (TPSA) is 113 Å². The molecule has 4 heterocycles. The molecule has 0 aliphatic carbocycles. The van der Waals surface area contributed by atoms with Crippen LogP contribution in [0.2, 0.25) is 0 Å². The van der Waals surface area contributed by atoms with E-state index < -0.39 is 54.1 Å². The van der Waals surface area contributed by atoms with Gasteiger partial charge < -0.3 is 0 Å². The van der Waals surface area contributed by atoms with Crippen molar-refractivity contribution in [2.24, 2.45) is 0 Å². The molecular weight excluding hydrogens is 521 g/mol. The number of fused-ring (bicyclic) bond motifs is 2. The summed E-state index contributed by atoms with van der Waals surface area (Å²) in [6, 6.07) is 3.44. The number of rotatable bonds is 4. The van der Waals surface area contributed by atoms with Gasteiger partial charge in [0.1, 0.15) is 0 Å². The van der Waals surface area contributed by atoms with Gasteiger partial charge in [0.15, 0.2) is 0 Å². The molecule has 2 fully saturated rings. The summed E-state index contributed by atoms with van der Waals surface area (Å²) < 4.78 is 28.8. The van der Waals surface area contributed by atoms with E-state index in [0.29, 0.717) is 23.6 Å². The summed E-state index contributed by atoms with van der Waals surface area (Å²) >= 11 is -1.42. The molecule has 132 valence electrons. The summed E-state index contributed by atoms with van der Waals surface area (Å²) in [4.78, 5) is 3.96. The van der Waals surface area contributed by atoms with Gasteiger partial charge in [-0.05, 0) is 0 Å². The zero-order chi connectivity index (χ0) is 17.8. The molecule has 0 saturated carbocycles. The van der Waals surface area contributed by atoms with Gasteiger partial charge in [-0.2, -0.15) is 0 Å². The van der Waals surface area contributed by atoms with Crippen molar-refractivity contribution in [2.75, 3.05) is 12.3 Å². The Morgan fingerprint density at radius 1 is 1.40 bits per heavy atom. The fraction of sp³-hybridized carbons (Fsp3) is 0.533. The molecular formula is C15H19N4O5Tl. The summed E-state index contributed by atoms with van der Waals surface area (Å²) in [5.74, 6) is -2.26. The van der Waals surface area contributed by atoms with E-state index in [2.05, 4.69) is 14.1 Å². The Hall–Kier alpha value is -0.988. The monoisotopic (exact) mass is 540 g/mol. The van der Waals surface area contributed by atoms with Crippen molar-refractivity contribution in [3.05, 3.63) is 24.2 Å². The predicted molar refractivity (Wildman–Crippen MR) is 88.8 cm³/mol. The van der Waals surface area contributed by atoms with E-state index in [1.807, 2.05) is 0 Å². The van der Waals surface area contributed by atoms with Gasteiger partial charge in [0, 0.05) is 0 Å². The Balaban J connectivity index is 1.78. The van der Waals surface area contributed by atoms with Crippen LogP contribution < -0.4 is 5.73 Å². The number of nitrogen functional groups attached to an aromatic ring is 1. The van der Waals surface area contributed by atoms with E-state index in [0.717, 1.165) is 0 Å². The molecule has 0 amide bonds. The average Bonchev–Trinajstić information content (AvgIpc) is 3.19. The van der Waals surface area contributed by atoms with Gasteiger partial charge >= 0.3 is 156 Å². The van der Waals surface area contributed by atoms with Crippen molar-refractivity contribution in [3.8, 4) is 0 Å². The first-order valence-corrected chi connectivity index (χ1v) is 12.9. The van der Waals surface area contributed by atoms with Crippen LogP contribution in [-0.2, 0) is 22.7 Å². The van der Waals surface area contributed by atoms with E-state index in [1.54, 1.807) is 26.0 Å². The molecule has 3 N–H and O–H groups in total. The molecule has 25 heavy (non-hydrogen) atoms. The molecule has 2 aliphatic heterocycles. The molecule has 0 spiro atoms. The number of aromatic nitrogens is 3. The molecule has 0 bridgehead atoms. The van der Waals surface area contributed by atoms with Gasteiger partial charge in [0.25, 0.3) is 0 Å². The summed E-state index contributed by atoms with van der Waals surface area (Å²) in [6.07, 6.45) is -0.304. The maximum atomic E-state index is 11.4. The van der Waals surface area contributed by atoms with E-state index in [1.165, 1.54) is 10.8 Å². The standard InChI is InChI=1S/C14H17N4O5.CH2.Tl/c1-13(2)22-10-8(5-19)21-14(20,11(10)23-13)9-4-3-7-12(15)16-6-17-18(7)9;;/h3-4,6,8,10-11,20H,5H2,1-2H3,(H2,15,16,17);1H2;/q-1;;+1/t8-,10-,11-,14?;;/m1../s1. The summed E-state index contributed by atoms with van der Waals surface area (Å²) in [6.45, 7) is 3.93. The van der Waals surface area contributed by atoms with E-state index in [9.17, 15) is 5.11 Å². The van der Waals surface area contributed by atoms with Crippen LogP contribution in [0.15, 0.2) is 18.5 Å². The number of hydrogen-bond donors (Lipinski definition) is 2. The fourth-order valence-electron chi connectivity index (χ4n) is 3.45. The van der Waals surface area contributed by atoms with E-state index in [4.69, 9.17) is 22.6 Å². The first kappa shape index (κ1) is 17.4. The molecule has 10 heteroatoms. The first-order valence-electron chi connectivity index (χ1n) is 7.93. The number of aliphatic hydroxyl groups is 1. The number of nitrogens with two attached hydrogens (primary N) is 1. The number of ether oxygens (including phenoxy) is 3. The molecule has 4 atom stereocenters. The first-order chi connectivity index (χ1) is 11.9. The van der Waals surface area contributed by atoms with Gasteiger partial charge in [-0.25, -0.2) is 0 Å². The van der Waals surface area contributed by atoms with Crippen LogP contribution in [0.4, 0.5) is 5.82 Å². The molecule has 0 aromatic carbocycles. The second-order valence-electron chi connectivity index (χ2n) is 6.53. The third-order valence-corrected chi connectivity index (χ3v) is 6.10. The van der Waals surface area contributed by atoms with Gasteiger partial charge in [-0.15, -0.1) is 0 Å². The van der Waals surface area contributed by atoms with Gasteiger partial charge in [-0.3, -0.25) is 0 Å². The second kappa shape index (κ2) is 6.03. The Kier molecular flexibility index (Phi) is 4.20. The van der Waals surface area contributed by atoms with Crippen LogP contribution in [-0.4, -0.2) is 78.7 Å². The van der Waals surface area contributed by atoms with Crippen molar-refractivity contribution in [1.82, 2.24) is 14.6 Å². The van der Waals surface area contributed by atoms with Gasteiger partial charge in [0.2, 0.25) is 0 Å². The molecule has 0 radical (unpaired) electrons. The Morgan fingerprint density at radius 3 is 2.96 bits per heavy atom. The normalized spacial score (nSPS) is 33.5. The van der Waals surface area contributed by atoms with Crippen molar-refractivity contribution in [1.29, 1.82) is 0 Å². The third kappa shape index (κ3) is 2.73. The molecule has 2 aromatic heterocycles. The molecule has 2 aliphatic rings. The zero-order valence-electron chi connectivity index (χ0n) is 14.0. The van der Waals surface area contributed by atoms with E-state index in [-0.39, 0.29) is 0 Å². The van der Waals surface area contributed by atoms with Crippen molar-refractivity contribution < 1.29 is 22.0 Å². The van der Waals surface area contributed by atoms with Crippen molar-refractivity contribution >= 4 is 39.6 Å². The Labute approximate surface area is 156 Å². The molecule has 9 nitrogen and oxygen atoms in total. The quantitative estimate of drug-likeness (QED) is 0.498. The Morgan fingerprint density at radius 2 is 2.20 bits per heavy atom. The number of nitrogens with zero attached hydrogens (tertiary/aromatic N) is 3. The summed E-state index contributed by atoms with van der Waals surface area (Å²) in [5.41, 5.74) is 6.88. The van der Waals surface area contributed by atoms with Crippen LogP contribution >= 0.6 is 0 Å². The maximum absolute atomic E-state index is 11.4. The summed E-state index contributed by atoms with van der Waals surface area (Å²) in [7, 11) is 0. The van der Waals surface area contributed by atoms with E-state index >= 15 is 0 Å². The fourth-order valence-corrected chi connectivity index (χ4v) is 4.72. The van der Waals surface area contributed by atoms with Crippen molar-refractivity contribution in [3.63, 3.8) is 0 Å². The number of hydrogen-bond acceptors (Lipinski definition) is 8. The summed E-state index contributed by atoms with van der Waals surface area (Å²) in [5, 5.41) is 15.6. The number of anilines is 1. The van der Waals surface area contributed by atoms with Gasteiger partial charge in [-0.1, -0.05) is 0 Å². The van der Waals surface area contributed by atoms with Crippen LogP contribution in [0.5, 0.6) is 0 Å². The average molecular weight is 540 g/mol. The van der Waals surface area contributed by atoms with Crippen LogP contribution in [0.3, 0.4) is 0 Å². The SMILES string of the molecule is [CH2]=[Tl][O]C[C@H]1OC(O)(c2ccc3c(N)ncnn23)[C@@H]2OC(C)(C)O[C@@H]21. The van der Waals surface area contributed by atoms with Crippen LogP contribution in [0.25, 0.3) is 5.52 Å². The predicted octanol–water partition coefficient (Wildman–Crippen LogP) is -0.557. The third-order valence-electron chi connectivity index (χ3n) is 4.44. The molecule has 2 saturated heterocycles. The minimum atomic E-state index is -1.74. The van der Waals surface area contributed by atoms with Crippen molar-refractivity contribution in [2.45, 2.75) is 43.7 Å². The second-order valence-corrected chi connectivity index (χ2v) is 9.13. The Bertz CT molecular complexity index is 827. The zero-order valence-corrected chi connectivity index (χ0v) is 18.4. The molecule has 4 rings (SSSR count). The molecule has 2 aromatic rings. The van der Waals surface area contributed by atoms with Crippen LogP contribution in [0.1, 0.15) is 19.5 Å². The van der Waals surface area contributed by atoms with Gasteiger partial charge in [0.05, 0.1) is 0 Å². The minimum absolute atomic E-state index is 0.314. The van der Waals surface area contributed by atoms with Crippen LogP contribution in [0, 0.1) is 0 Å².